The van der Waals surface area contributed by atoms with Crippen molar-refractivity contribution in [3.8, 4) is 0 Å². The van der Waals surface area contributed by atoms with Crippen molar-refractivity contribution in [3.05, 3.63) is 399 Å². The van der Waals surface area contributed by atoms with Gasteiger partial charge in [-0.2, -0.15) is 0 Å². The Hall–Kier alpha value is -12.0. The molecular weight excluding hydrogens is 1330 g/mol. The number of benzene rings is 11. The van der Waals surface area contributed by atoms with E-state index in [0.29, 0.717) is 32.9 Å². The van der Waals surface area contributed by atoms with Crippen molar-refractivity contribution in [1.82, 2.24) is 40.0 Å². The zero-order chi connectivity index (χ0) is 71.9. The highest BCUT2D eigenvalue weighted by Gasteiger charge is 2.53. The molecule has 10 atom stereocenters. The molecule has 16 nitrogen and oxygen atoms in total. The first kappa shape index (κ1) is 67.8. The number of carbonyl (C=O) groups is 4. The molecule has 0 spiro atoms. The van der Waals surface area contributed by atoms with E-state index in [0.717, 1.165) is 22.3 Å². The molecule has 2 aliphatic heterocycles. The van der Waals surface area contributed by atoms with Crippen LogP contribution in [0.25, 0.3) is 21.5 Å². The third-order valence-electron chi connectivity index (χ3n) is 20.0. The molecule has 0 aliphatic carbocycles. The van der Waals surface area contributed by atoms with Gasteiger partial charge in [0.15, 0.2) is 0 Å². The predicted octanol–water partition coefficient (Wildman–Crippen LogP) is 14.4. The predicted molar refractivity (Wildman–Crippen MR) is 412 cm³/mol. The Kier molecular flexibility index (Phi) is 18.8. The van der Waals surface area contributed by atoms with Gasteiger partial charge in [0, 0.05) is 22.3 Å². The Morgan fingerprint density at radius 1 is 0.260 bits per heavy atom. The highest BCUT2D eigenvalue weighted by molar-refractivity contribution is 7.72. The van der Waals surface area contributed by atoms with E-state index < -0.39 is 109 Å². The van der Waals surface area contributed by atoms with Crippen molar-refractivity contribution in [2.24, 2.45) is 0 Å². The molecule has 13 aromatic rings. The van der Waals surface area contributed by atoms with Crippen molar-refractivity contribution in [2.45, 2.75) is 75.0 Å². The number of amides is 4. The summed E-state index contributed by atoms with van der Waals surface area (Å²) in [5.74, 6) is -6.70. The Labute approximate surface area is 601 Å². The normalized spacial score (nSPS) is 17.8. The standard InChI is InChI=1S/C86H72N8O8P2/c1-53(57-31-9-5-10-32-57)87-75(95)61-39-17-25-47-69(61)83-91-79(99)65-43-21-22-44-66(65)80(100)92(91)84(70-48-26-18-40-62(70)76(96)88-54(2)58-33-11-6-12-34-58)103(83)73-51-29-30-52-74(73)104-85(71-49-27-19-41-63(71)77(97)89-55(3)59-35-13-7-14-36-59)93-81(101)67-45-23-24-46-68(67)82(102)94(93)86(104)72-50-28-20-42-64(72)78(98)90-56(4)60-37-15-8-16-38-60/h5-56,83-86H,1-4H3,(H,87,95)(H,88,96)(H,89,97)(H,90,98)/t53-,54+,55-,56+,83-,84-,85?,86-,103?,104?/m0/s1. The maximum Gasteiger partial charge on any atom is 0.274 e. The number of nitrogens with zero attached hydrogens (tertiary/aromatic N) is 4. The second-order valence-electron chi connectivity index (χ2n) is 26.3. The van der Waals surface area contributed by atoms with E-state index in [4.69, 9.17) is 0 Å². The number of aromatic nitrogens is 4. The summed E-state index contributed by atoms with van der Waals surface area (Å²) in [6, 6.07) is 85.5. The summed E-state index contributed by atoms with van der Waals surface area (Å²) in [6.45, 7) is 7.56. The van der Waals surface area contributed by atoms with Gasteiger partial charge < -0.3 is 21.3 Å². The fourth-order valence-corrected chi connectivity index (χ4v) is 22.3. The molecule has 2 aromatic heterocycles. The van der Waals surface area contributed by atoms with Crippen molar-refractivity contribution in [1.29, 1.82) is 0 Å². The highest BCUT2D eigenvalue weighted by atomic mass is 31.1. The Balaban J connectivity index is 1.04. The van der Waals surface area contributed by atoms with Gasteiger partial charge >= 0.3 is 0 Å². The van der Waals surface area contributed by atoms with Crippen LogP contribution in [-0.4, -0.2) is 42.4 Å². The van der Waals surface area contributed by atoms with E-state index in [2.05, 4.69) is 21.3 Å². The molecule has 18 heteroatoms. The van der Waals surface area contributed by atoms with Gasteiger partial charge in [0.2, 0.25) is 0 Å². The zero-order valence-corrected chi connectivity index (χ0v) is 59.1. The largest absolute Gasteiger partial charge is 0.346 e. The summed E-state index contributed by atoms with van der Waals surface area (Å²) >= 11 is 0. The molecule has 0 saturated carbocycles. The lowest BCUT2D eigenvalue weighted by molar-refractivity contribution is 0.0930. The second kappa shape index (κ2) is 28.8. The van der Waals surface area contributed by atoms with E-state index >= 15 is 38.4 Å². The molecule has 4 heterocycles. The van der Waals surface area contributed by atoms with Crippen LogP contribution in [0.4, 0.5) is 0 Å². The van der Waals surface area contributed by atoms with Crippen molar-refractivity contribution in [2.75, 3.05) is 0 Å². The topological polar surface area (TPSA) is 204 Å². The summed E-state index contributed by atoms with van der Waals surface area (Å²) in [6.07, 6.45) is 0. The van der Waals surface area contributed by atoms with E-state index in [1.165, 1.54) is 18.7 Å². The molecule has 3 unspecified atom stereocenters. The van der Waals surface area contributed by atoms with Gasteiger partial charge in [-0.3, -0.25) is 38.4 Å². The van der Waals surface area contributed by atoms with Crippen LogP contribution in [-0.2, 0) is 0 Å². The number of carbonyl (C=O) groups excluding carboxylic acids is 4. The van der Waals surface area contributed by atoms with Crippen molar-refractivity contribution >= 4 is 71.6 Å². The van der Waals surface area contributed by atoms with Gasteiger partial charge in [-0.05, 0) is 147 Å². The lowest BCUT2D eigenvalue weighted by atomic mass is 10.0. The summed E-state index contributed by atoms with van der Waals surface area (Å²) in [5.41, 5.74) is 3.59. The van der Waals surface area contributed by atoms with E-state index in [9.17, 15) is 0 Å². The van der Waals surface area contributed by atoms with E-state index in [1.807, 2.05) is 198 Å². The number of nitrogens with one attached hydrogen (secondary N) is 4. The van der Waals surface area contributed by atoms with Gasteiger partial charge in [-0.15, -0.1) is 0 Å². The lowest BCUT2D eigenvalue weighted by Crippen LogP contribution is -2.38. The van der Waals surface area contributed by atoms with Gasteiger partial charge in [0.25, 0.3) is 45.9 Å². The van der Waals surface area contributed by atoms with Gasteiger partial charge in [0.05, 0.1) is 45.7 Å². The van der Waals surface area contributed by atoms with Crippen molar-refractivity contribution in [3.63, 3.8) is 0 Å². The molecule has 0 radical (unpaired) electrons. The molecule has 15 rings (SSSR count). The summed E-state index contributed by atoms with van der Waals surface area (Å²) in [4.78, 5) is 128. The summed E-state index contributed by atoms with van der Waals surface area (Å²) in [7, 11) is -4.71. The first-order valence-corrected chi connectivity index (χ1v) is 37.6. The van der Waals surface area contributed by atoms with Gasteiger partial charge in [0.1, 0.15) is 23.1 Å². The SMILES string of the molecule is C[C@H](NC(=O)c1ccccc1C1n2c(=O)c3ccccc3c(=O)n2[C@H](c2ccccc2C(=O)N[C@H](C)c2ccccc2)P1c1ccccc1P1[C@@H](c2ccccc2C(=O)N[C@@H](C)c2ccccc2)n2c(=O)c3ccccc3c(=O)n2[C@@H]1c1ccccc1C(=O)N[C@H](C)c1ccccc1)c1ccccc1. The summed E-state index contributed by atoms with van der Waals surface area (Å²) in [5, 5.41) is 14.6. The average molecular weight is 1410 g/mol. The number of hydrogen-bond acceptors (Lipinski definition) is 8. The highest BCUT2D eigenvalue weighted by Crippen LogP contribution is 2.70. The molecule has 11 aromatic carbocycles. The minimum absolute atomic E-state index is 0.125. The van der Waals surface area contributed by atoms with Crippen LogP contribution in [0, 0.1) is 0 Å². The maximum absolute atomic E-state index is 16.5. The first-order chi connectivity index (χ1) is 50.7. The molecule has 4 N–H and O–H groups in total. The third-order valence-corrected chi connectivity index (χ3v) is 26.2. The van der Waals surface area contributed by atoms with Crippen LogP contribution in [0.1, 0.15) is 161 Å². The van der Waals surface area contributed by atoms with E-state index in [-0.39, 0.29) is 43.8 Å². The third kappa shape index (κ3) is 12.3. The lowest BCUT2D eigenvalue weighted by Gasteiger charge is -2.33. The number of hydrogen-bond donors (Lipinski definition) is 4. The molecule has 0 saturated heterocycles. The Morgan fingerprint density at radius 3 is 0.663 bits per heavy atom. The molecule has 104 heavy (non-hydrogen) atoms. The number of rotatable bonds is 18. The Morgan fingerprint density at radius 2 is 0.442 bits per heavy atom. The minimum atomic E-state index is -2.35. The minimum Gasteiger partial charge on any atom is -0.346 e. The van der Waals surface area contributed by atoms with Gasteiger partial charge in [-0.1, -0.05) is 243 Å². The van der Waals surface area contributed by atoms with Crippen LogP contribution < -0.4 is 54.1 Å². The van der Waals surface area contributed by atoms with Crippen LogP contribution in [0.5, 0.6) is 0 Å². The average Bonchev–Trinajstić information content (AvgIpc) is 1.54. The van der Waals surface area contributed by atoms with Crippen molar-refractivity contribution < 1.29 is 19.2 Å². The first-order valence-electron chi connectivity index (χ1n) is 34.6. The fourth-order valence-electron chi connectivity index (χ4n) is 14.9. The molecule has 514 valence electrons. The monoisotopic (exact) mass is 1410 g/mol. The second-order valence-corrected chi connectivity index (χ2v) is 30.8. The van der Waals surface area contributed by atoms with Crippen LogP contribution in [0.3, 0.4) is 0 Å². The van der Waals surface area contributed by atoms with Gasteiger partial charge in [-0.25, -0.2) is 18.7 Å². The fraction of sp³-hybridized carbons (Fsp3) is 0.140. The van der Waals surface area contributed by atoms with E-state index in [1.54, 1.807) is 121 Å². The van der Waals surface area contributed by atoms with Crippen LogP contribution in [0.15, 0.2) is 310 Å². The van der Waals surface area contributed by atoms with Crippen LogP contribution in [0.2, 0.25) is 0 Å². The molecule has 4 amide bonds. The zero-order valence-electron chi connectivity index (χ0n) is 57.3. The maximum atomic E-state index is 16.5. The smallest absolute Gasteiger partial charge is 0.274 e. The molecular formula is C86H72N8O8P2. The Bertz CT molecular complexity index is 5070. The summed E-state index contributed by atoms with van der Waals surface area (Å²) < 4.78 is 5.95. The molecule has 2 aliphatic rings. The quantitative estimate of drug-likeness (QED) is 0.0607. The molecule has 0 fully saturated rings. The van der Waals surface area contributed by atoms with Crippen LogP contribution >= 0.6 is 15.8 Å². The number of fused-ring (bicyclic) bond motifs is 4. The molecule has 0 bridgehead atoms.